The Hall–Kier alpha value is -3.75. The van der Waals surface area contributed by atoms with Gasteiger partial charge in [-0.2, -0.15) is 0 Å². The molecule has 0 bridgehead atoms. The van der Waals surface area contributed by atoms with E-state index >= 15 is 0 Å². The van der Waals surface area contributed by atoms with Gasteiger partial charge < -0.3 is 14.6 Å². The number of aliphatic imine (C=N–C) groups is 1. The summed E-state index contributed by atoms with van der Waals surface area (Å²) in [6.07, 6.45) is 1.73. The standard InChI is InChI=1S/C27H23ClN2O5S/c1-3-34-22-14-18(13-21(28)24(22)35-16-17-7-5-4-6-8-17)15-23-25(31)30(2)27(36-23)29-20-11-9-19(10-12-20)26(32)33/h4-15H,3,16H2,1-2H3,(H,32,33)/b23-15-,29-27?. The lowest BCUT2D eigenvalue weighted by molar-refractivity contribution is -0.121. The van der Waals surface area contributed by atoms with Gasteiger partial charge in [-0.05, 0) is 72.3 Å². The van der Waals surface area contributed by atoms with Crippen molar-refractivity contribution in [2.75, 3.05) is 13.7 Å². The van der Waals surface area contributed by atoms with Crippen LogP contribution in [0.25, 0.3) is 6.08 Å². The van der Waals surface area contributed by atoms with Crippen molar-refractivity contribution in [2.24, 2.45) is 4.99 Å². The molecule has 1 aliphatic heterocycles. The number of nitrogens with zero attached hydrogens (tertiary/aromatic N) is 2. The minimum Gasteiger partial charge on any atom is -0.490 e. The second-order valence-electron chi connectivity index (χ2n) is 7.76. The van der Waals surface area contributed by atoms with Crippen molar-refractivity contribution in [1.29, 1.82) is 0 Å². The van der Waals surface area contributed by atoms with Crippen molar-refractivity contribution in [3.8, 4) is 11.5 Å². The third kappa shape index (κ3) is 5.90. The van der Waals surface area contributed by atoms with Gasteiger partial charge in [-0.3, -0.25) is 9.69 Å². The molecule has 1 aliphatic rings. The maximum Gasteiger partial charge on any atom is 0.335 e. The monoisotopic (exact) mass is 522 g/mol. The lowest BCUT2D eigenvalue weighted by Crippen LogP contribution is -2.23. The van der Waals surface area contributed by atoms with E-state index < -0.39 is 5.97 Å². The minimum atomic E-state index is -1.01. The van der Waals surface area contributed by atoms with Crippen molar-refractivity contribution < 1.29 is 24.2 Å². The molecular weight excluding hydrogens is 500 g/mol. The van der Waals surface area contributed by atoms with E-state index in [1.165, 1.54) is 28.8 Å². The highest BCUT2D eigenvalue weighted by Crippen LogP contribution is 2.39. The zero-order valence-corrected chi connectivity index (χ0v) is 21.2. The van der Waals surface area contributed by atoms with Crippen LogP contribution < -0.4 is 9.47 Å². The summed E-state index contributed by atoms with van der Waals surface area (Å²) in [5.41, 5.74) is 2.40. The fourth-order valence-electron chi connectivity index (χ4n) is 3.40. The van der Waals surface area contributed by atoms with Crippen molar-refractivity contribution >= 4 is 52.2 Å². The Morgan fingerprint density at radius 3 is 2.50 bits per heavy atom. The van der Waals surface area contributed by atoms with Gasteiger partial charge in [0, 0.05) is 7.05 Å². The quantitative estimate of drug-likeness (QED) is 0.352. The first-order chi connectivity index (χ1) is 17.4. The van der Waals surface area contributed by atoms with E-state index in [0.717, 1.165) is 5.56 Å². The average Bonchev–Trinajstić information content (AvgIpc) is 3.12. The van der Waals surface area contributed by atoms with Gasteiger partial charge in [-0.1, -0.05) is 41.9 Å². The number of thioether (sulfide) groups is 1. The lowest BCUT2D eigenvalue weighted by Gasteiger charge is -2.14. The molecule has 0 radical (unpaired) electrons. The van der Waals surface area contributed by atoms with E-state index in [0.29, 0.717) is 51.1 Å². The summed E-state index contributed by atoms with van der Waals surface area (Å²) in [5, 5.41) is 9.91. The van der Waals surface area contributed by atoms with Gasteiger partial charge in [0.1, 0.15) is 6.61 Å². The largest absolute Gasteiger partial charge is 0.490 e. The predicted octanol–water partition coefficient (Wildman–Crippen LogP) is 6.25. The molecule has 0 atom stereocenters. The van der Waals surface area contributed by atoms with Gasteiger partial charge in [0.15, 0.2) is 16.7 Å². The number of likely N-dealkylation sites (N-methyl/N-ethyl adjacent to an activating group) is 1. The van der Waals surface area contributed by atoms with E-state index in [4.69, 9.17) is 26.2 Å². The number of ether oxygens (including phenoxy) is 2. The van der Waals surface area contributed by atoms with Crippen LogP contribution in [0.3, 0.4) is 0 Å². The molecule has 0 saturated carbocycles. The molecule has 3 aromatic rings. The van der Waals surface area contributed by atoms with Crippen LogP contribution in [0.2, 0.25) is 5.02 Å². The Balaban J connectivity index is 1.57. The maximum atomic E-state index is 12.9. The summed E-state index contributed by atoms with van der Waals surface area (Å²) in [6.45, 7) is 2.64. The van der Waals surface area contributed by atoms with Crippen molar-refractivity contribution in [3.05, 3.63) is 93.3 Å². The fraction of sp³-hybridized carbons (Fsp3) is 0.148. The lowest BCUT2D eigenvalue weighted by atomic mass is 10.1. The SMILES string of the molecule is CCOc1cc(/C=C2\SC(=Nc3ccc(C(=O)O)cc3)N(C)C2=O)cc(Cl)c1OCc1ccccc1. The summed E-state index contributed by atoms with van der Waals surface area (Å²) >= 11 is 7.78. The zero-order valence-electron chi connectivity index (χ0n) is 19.6. The highest BCUT2D eigenvalue weighted by Gasteiger charge is 2.30. The molecule has 3 aromatic carbocycles. The number of halogens is 1. The van der Waals surface area contributed by atoms with Gasteiger partial charge in [0.25, 0.3) is 5.91 Å². The molecule has 1 N–H and O–H groups in total. The number of carboxylic acid groups (broad SMARTS) is 1. The highest BCUT2D eigenvalue weighted by atomic mass is 35.5. The number of amides is 1. The number of amidine groups is 1. The van der Waals surface area contributed by atoms with Crippen molar-refractivity contribution in [1.82, 2.24) is 4.90 Å². The summed E-state index contributed by atoms with van der Waals surface area (Å²) in [6, 6.07) is 19.4. The van der Waals surface area contributed by atoms with Crippen LogP contribution in [0.1, 0.15) is 28.4 Å². The van der Waals surface area contributed by atoms with E-state index in [-0.39, 0.29) is 11.5 Å². The molecule has 1 fully saturated rings. The van der Waals surface area contributed by atoms with E-state index in [9.17, 15) is 9.59 Å². The smallest absolute Gasteiger partial charge is 0.335 e. The van der Waals surface area contributed by atoms with Crippen LogP contribution in [0.5, 0.6) is 11.5 Å². The number of carbonyl (C=O) groups is 2. The molecule has 9 heteroatoms. The fourth-order valence-corrected chi connectivity index (χ4v) is 4.66. The van der Waals surface area contributed by atoms with Gasteiger partial charge in [0.2, 0.25) is 0 Å². The van der Waals surface area contributed by atoms with Crippen LogP contribution in [0, 0.1) is 0 Å². The minimum absolute atomic E-state index is 0.168. The van der Waals surface area contributed by atoms with Gasteiger partial charge in [-0.15, -0.1) is 0 Å². The number of aromatic carboxylic acids is 1. The summed E-state index contributed by atoms with van der Waals surface area (Å²) in [4.78, 5) is 30.3. The summed E-state index contributed by atoms with van der Waals surface area (Å²) < 4.78 is 11.7. The Labute approximate surface area is 218 Å². The average molecular weight is 523 g/mol. The zero-order chi connectivity index (χ0) is 25.7. The summed E-state index contributed by atoms with van der Waals surface area (Å²) in [7, 11) is 1.64. The number of hydrogen-bond acceptors (Lipinski definition) is 6. The normalized spacial score (nSPS) is 15.5. The molecule has 1 saturated heterocycles. The van der Waals surface area contributed by atoms with Crippen LogP contribution >= 0.6 is 23.4 Å². The first-order valence-electron chi connectivity index (χ1n) is 11.1. The molecule has 0 unspecified atom stereocenters. The Morgan fingerprint density at radius 2 is 1.83 bits per heavy atom. The van der Waals surface area contributed by atoms with Crippen LogP contribution in [-0.2, 0) is 11.4 Å². The van der Waals surface area contributed by atoms with E-state index in [1.807, 2.05) is 37.3 Å². The molecule has 1 amide bonds. The van der Waals surface area contributed by atoms with Crippen LogP contribution in [0.15, 0.2) is 76.6 Å². The molecule has 0 aromatic heterocycles. The van der Waals surface area contributed by atoms with Gasteiger partial charge in [-0.25, -0.2) is 9.79 Å². The second kappa shape index (κ2) is 11.3. The molecular formula is C27H23ClN2O5S. The summed E-state index contributed by atoms with van der Waals surface area (Å²) in [5.74, 6) is -0.286. The molecule has 184 valence electrons. The third-order valence-electron chi connectivity index (χ3n) is 5.20. The first-order valence-corrected chi connectivity index (χ1v) is 12.3. The highest BCUT2D eigenvalue weighted by molar-refractivity contribution is 8.18. The molecule has 0 aliphatic carbocycles. The van der Waals surface area contributed by atoms with Crippen LogP contribution in [0.4, 0.5) is 5.69 Å². The molecule has 1 heterocycles. The molecule has 36 heavy (non-hydrogen) atoms. The number of hydrogen-bond donors (Lipinski definition) is 1. The topological polar surface area (TPSA) is 88.4 Å². The number of carbonyl (C=O) groups excluding carboxylic acids is 1. The number of benzene rings is 3. The van der Waals surface area contributed by atoms with Crippen molar-refractivity contribution in [3.63, 3.8) is 0 Å². The number of rotatable bonds is 8. The van der Waals surface area contributed by atoms with Gasteiger partial charge in [0.05, 0.1) is 27.8 Å². The number of carboxylic acids is 1. The van der Waals surface area contributed by atoms with E-state index in [1.54, 1.807) is 37.4 Å². The Bertz CT molecular complexity index is 1340. The Morgan fingerprint density at radius 1 is 1.11 bits per heavy atom. The second-order valence-corrected chi connectivity index (χ2v) is 9.17. The molecule has 7 nitrogen and oxygen atoms in total. The molecule has 4 rings (SSSR count). The Kier molecular flexibility index (Phi) is 7.97. The van der Waals surface area contributed by atoms with Crippen molar-refractivity contribution in [2.45, 2.75) is 13.5 Å². The predicted molar refractivity (Wildman–Crippen MR) is 142 cm³/mol. The first kappa shape index (κ1) is 25.3. The van der Waals surface area contributed by atoms with E-state index in [2.05, 4.69) is 4.99 Å². The third-order valence-corrected chi connectivity index (χ3v) is 6.54. The van der Waals surface area contributed by atoms with Gasteiger partial charge >= 0.3 is 5.97 Å². The van der Waals surface area contributed by atoms with Crippen LogP contribution in [-0.4, -0.2) is 40.7 Å². The molecule has 0 spiro atoms. The maximum absolute atomic E-state index is 12.9.